The molecule has 1 aliphatic rings. The quantitative estimate of drug-likeness (QED) is 0.804. The molecule has 17 heavy (non-hydrogen) atoms. The van der Waals surface area contributed by atoms with Crippen LogP contribution in [0.1, 0.15) is 24.2 Å². The molecule has 0 saturated carbocycles. The fourth-order valence-electron chi connectivity index (χ4n) is 2.45. The first-order valence-electron chi connectivity index (χ1n) is 6.36. The lowest BCUT2D eigenvalue weighted by atomic mass is 10.3. The van der Waals surface area contributed by atoms with E-state index in [4.69, 9.17) is 0 Å². The Morgan fingerprint density at radius 1 is 1.29 bits per heavy atom. The molecule has 0 aromatic carbocycles. The summed E-state index contributed by atoms with van der Waals surface area (Å²) in [6.45, 7) is 5.66. The van der Waals surface area contributed by atoms with E-state index in [9.17, 15) is 0 Å². The number of pyridine rings is 1. The minimum Gasteiger partial charge on any atom is -0.303 e. The Hall–Kier alpha value is -1.42. The molecule has 1 fully saturated rings. The van der Waals surface area contributed by atoms with Crippen molar-refractivity contribution in [1.82, 2.24) is 19.5 Å². The SMILES string of the molecule is Cc1cccn2nc(CCN3CCCC3)nc12. The lowest BCUT2D eigenvalue weighted by Crippen LogP contribution is -2.22. The fraction of sp³-hybridized carbons (Fsp3) is 0.538. The molecular formula is C13H18N4. The van der Waals surface area contributed by atoms with E-state index in [1.54, 1.807) is 0 Å². The maximum Gasteiger partial charge on any atom is 0.158 e. The molecule has 4 heteroatoms. The summed E-state index contributed by atoms with van der Waals surface area (Å²) in [6.07, 6.45) is 5.62. The van der Waals surface area contributed by atoms with E-state index in [2.05, 4.69) is 28.0 Å². The molecule has 0 bridgehead atoms. The molecule has 3 heterocycles. The fourth-order valence-corrected chi connectivity index (χ4v) is 2.45. The minimum atomic E-state index is 0.959. The molecular weight excluding hydrogens is 212 g/mol. The van der Waals surface area contributed by atoms with Crippen LogP contribution in [-0.4, -0.2) is 39.1 Å². The molecule has 0 spiro atoms. The molecule has 0 aliphatic carbocycles. The largest absolute Gasteiger partial charge is 0.303 e. The molecule has 2 aromatic heterocycles. The summed E-state index contributed by atoms with van der Waals surface area (Å²) < 4.78 is 1.88. The van der Waals surface area contributed by atoms with E-state index in [1.165, 1.54) is 31.5 Å². The van der Waals surface area contributed by atoms with Gasteiger partial charge in [-0.2, -0.15) is 5.10 Å². The first kappa shape index (κ1) is 10.7. The summed E-state index contributed by atoms with van der Waals surface area (Å²) in [5, 5.41) is 4.51. The topological polar surface area (TPSA) is 33.4 Å². The Labute approximate surface area is 101 Å². The van der Waals surface area contributed by atoms with E-state index >= 15 is 0 Å². The van der Waals surface area contributed by atoms with Crippen molar-refractivity contribution in [2.75, 3.05) is 19.6 Å². The Balaban J connectivity index is 1.74. The highest BCUT2D eigenvalue weighted by molar-refractivity contribution is 5.45. The number of hydrogen-bond acceptors (Lipinski definition) is 3. The Morgan fingerprint density at radius 2 is 2.12 bits per heavy atom. The number of aryl methyl sites for hydroxylation is 1. The number of fused-ring (bicyclic) bond motifs is 1. The average Bonchev–Trinajstić information content (AvgIpc) is 2.95. The predicted molar refractivity (Wildman–Crippen MR) is 67.1 cm³/mol. The molecule has 3 rings (SSSR count). The monoisotopic (exact) mass is 230 g/mol. The third-order valence-electron chi connectivity index (χ3n) is 3.45. The first-order valence-corrected chi connectivity index (χ1v) is 6.36. The highest BCUT2D eigenvalue weighted by Crippen LogP contribution is 2.10. The van der Waals surface area contributed by atoms with Crippen molar-refractivity contribution in [3.05, 3.63) is 29.7 Å². The zero-order valence-corrected chi connectivity index (χ0v) is 10.3. The molecule has 2 aromatic rings. The number of aromatic nitrogens is 3. The van der Waals surface area contributed by atoms with Gasteiger partial charge in [0.2, 0.25) is 0 Å². The molecule has 4 nitrogen and oxygen atoms in total. The van der Waals surface area contributed by atoms with Gasteiger partial charge < -0.3 is 4.90 Å². The van der Waals surface area contributed by atoms with Gasteiger partial charge in [-0.1, -0.05) is 6.07 Å². The Bertz CT molecular complexity index is 511. The minimum absolute atomic E-state index is 0.959. The lowest BCUT2D eigenvalue weighted by molar-refractivity contribution is 0.341. The normalized spacial score (nSPS) is 17.0. The van der Waals surface area contributed by atoms with Crippen LogP contribution in [0.3, 0.4) is 0 Å². The number of hydrogen-bond donors (Lipinski definition) is 0. The highest BCUT2D eigenvalue weighted by Gasteiger charge is 2.12. The summed E-state index contributed by atoms with van der Waals surface area (Å²) in [7, 11) is 0. The van der Waals surface area contributed by atoms with Crippen LogP contribution >= 0.6 is 0 Å². The summed E-state index contributed by atoms with van der Waals surface area (Å²) in [4.78, 5) is 7.10. The van der Waals surface area contributed by atoms with Crippen molar-refractivity contribution in [2.24, 2.45) is 0 Å². The lowest BCUT2D eigenvalue weighted by Gasteiger charge is -2.12. The van der Waals surface area contributed by atoms with Crippen LogP contribution in [0.4, 0.5) is 0 Å². The van der Waals surface area contributed by atoms with E-state index in [0.29, 0.717) is 0 Å². The number of rotatable bonds is 3. The van der Waals surface area contributed by atoms with Gasteiger partial charge in [-0.3, -0.25) is 0 Å². The average molecular weight is 230 g/mol. The van der Waals surface area contributed by atoms with E-state index in [0.717, 1.165) is 24.4 Å². The third kappa shape index (κ3) is 2.17. The van der Waals surface area contributed by atoms with Crippen molar-refractivity contribution in [3.8, 4) is 0 Å². The van der Waals surface area contributed by atoms with Gasteiger partial charge in [-0.25, -0.2) is 9.50 Å². The molecule has 1 saturated heterocycles. The molecule has 0 unspecified atom stereocenters. The smallest absolute Gasteiger partial charge is 0.158 e. The van der Waals surface area contributed by atoms with Crippen LogP contribution in [-0.2, 0) is 6.42 Å². The molecule has 90 valence electrons. The number of nitrogens with zero attached hydrogens (tertiary/aromatic N) is 4. The van der Waals surface area contributed by atoms with E-state index < -0.39 is 0 Å². The molecule has 0 N–H and O–H groups in total. The van der Waals surface area contributed by atoms with Crippen molar-refractivity contribution in [2.45, 2.75) is 26.2 Å². The van der Waals surface area contributed by atoms with Crippen LogP contribution in [0.2, 0.25) is 0 Å². The van der Waals surface area contributed by atoms with Gasteiger partial charge in [0.25, 0.3) is 0 Å². The zero-order valence-electron chi connectivity index (χ0n) is 10.3. The van der Waals surface area contributed by atoms with Gasteiger partial charge in [0.05, 0.1) is 0 Å². The standard InChI is InChI=1S/C13H18N4/c1-11-5-4-9-17-13(11)14-12(15-17)6-10-16-7-2-3-8-16/h4-5,9H,2-3,6-8,10H2,1H3. The third-order valence-corrected chi connectivity index (χ3v) is 3.45. The summed E-state index contributed by atoms with van der Waals surface area (Å²) in [6, 6.07) is 4.09. The molecule has 0 atom stereocenters. The highest BCUT2D eigenvalue weighted by atomic mass is 15.3. The second-order valence-corrected chi connectivity index (χ2v) is 4.79. The van der Waals surface area contributed by atoms with Crippen molar-refractivity contribution >= 4 is 5.65 Å². The molecule has 1 aliphatic heterocycles. The maximum absolute atomic E-state index is 4.60. The van der Waals surface area contributed by atoms with Gasteiger partial charge in [0.1, 0.15) is 0 Å². The summed E-state index contributed by atoms with van der Waals surface area (Å²) in [5.74, 6) is 0.964. The predicted octanol–water partition coefficient (Wildman–Crippen LogP) is 1.68. The Kier molecular flexibility index (Phi) is 2.81. The van der Waals surface area contributed by atoms with Crippen LogP contribution < -0.4 is 0 Å². The summed E-state index contributed by atoms with van der Waals surface area (Å²) in [5.41, 5.74) is 2.18. The molecule has 0 amide bonds. The first-order chi connectivity index (χ1) is 8.33. The van der Waals surface area contributed by atoms with Gasteiger partial charge >= 0.3 is 0 Å². The van der Waals surface area contributed by atoms with Crippen molar-refractivity contribution in [1.29, 1.82) is 0 Å². The van der Waals surface area contributed by atoms with Gasteiger partial charge in [0.15, 0.2) is 11.5 Å². The van der Waals surface area contributed by atoms with Crippen molar-refractivity contribution in [3.63, 3.8) is 0 Å². The van der Waals surface area contributed by atoms with Gasteiger partial charge in [-0.15, -0.1) is 0 Å². The van der Waals surface area contributed by atoms with Crippen LogP contribution in [0.15, 0.2) is 18.3 Å². The van der Waals surface area contributed by atoms with E-state index in [-0.39, 0.29) is 0 Å². The van der Waals surface area contributed by atoms with Crippen molar-refractivity contribution < 1.29 is 0 Å². The van der Waals surface area contributed by atoms with Crippen LogP contribution in [0.5, 0.6) is 0 Å². The molecule has 0 radical (unpaired) electrons. The van der Waals surface area contributed by atoms with Crippen LogP contribution in [0.25, 0.3) is 5.65 Å². The Morgan fingerprint density at radius 3 is 2.88 bits per heavy atom. The van der Waals surface area contributed by atoms with Gasteiger partial charge in [-0.05, 0) is 44.5 Å². The zero-order chi connectivity index (χ0) is 11.7. The second kappa shape index (κ2) is 4.45. The number of likely N-dealkylation sites (tertiary alicyclic amines) is 1. The second-order valence-electron chi connectivity index (χ2n) is 4.79. The van der Waals surface area contributed by atoms with Crippen LogP contribution in [0, 0.1) is 6.92 Å². The van der Waals surface area contributed by atoms with Gasteiger partial charge in [0, 0.05) is 19.2 Å². The maximum atomic E-state index is 4.60. The van der Waals surface area contributed by atoms with E-state index in [1.807, 2.05) is 16.8 Å². The summed E-state index contributed by atoms with van der Waals surface area (Å²) >= 11 is 0.